The summed E-state index contributed by atoms with van der Waals surface area (Å²) in [5.41, 5.74) is 3.26. The first-order valence-corrected chi connectivity index (χ1v) is 11.0. The third-order valence-electron chi connectivity index (χ3n) is 5.17. The molecule has 3 aromatic carbocycles. The van der Waals surface area contributed by atoms with E-state index in [1.807, 2.05) is 19.1 Å². The van der Waals surface area contributed by atoms with Gasteiger partial charge in [-0.25, -0.2) is 17.2 Å². The molecule has 4 rings (SSSR count). The van der Waals surface area contributed by atoms with Gasteiger partial charge in [0.05, 0.1) is 30.2 Å². The van der Waals surface area contributed by atoms with Gasteiger partial charge in [0.2, 0.25) is 0 Å². The van der Waals surface area contributed by atoms with E-state index in [9.17, 15) is 13.2 Å². The van der Waals surface area contributed by atoms with Crippen molar-refractivity contribution in [3.8, 4) is 16.9 Å². The van der Waals surface area contributed by atoms with Gasteiger partial charge < -0.3 is 9.47 Å². The molecule has 1 heterocycles. The summed E-state index contributed by atoms with van der Waals surface area (Å²) in [6.07, 6.45) is 1.59. The lowest BCUT2D eigenvalue weighted by atomic mass is 10.0. The number of fused-ring (bicyclic) bond motifs is 1. The predicted octanol–water partition coefficient (Wildman–Crippen LogP) is 4.65. The highest BCUT2D eigenvalue weighted by molar-refractivity contribution is 7.90. The van der Waals surface area contributed by atoms with Crippen LogP contribution in [0.15, 0.2) is 77.8 Å². The highest BCUT2D eigenvalue weighted by atomic mass is 32.2. The van der Waals surface area contributed by atoms with Crippen molar-refractivity contribution >= 4 is 26.9 Å². The minimum Gasteiger partial charge on any atom is -0.497 e. The number of ether oxygens (including phenoxy) is 2. The first kappa shape index (κ1) is 20.7. The van der Waals surface area contributed by atoms with Crippen molar-refractivity contribution in [2.45, 2.75) is 11.8 Å². The first-order chi connectivity index (χ1) is 14.8. The maximum absolute atomic E-state index is 13.4. The topological polar surface area (TPSA) is 74.6 Å². The molecule has 0 spiro atoms. The van der Waals surface area contributed by atoms with Crippen LogP contribution < -0.4 is 4.74 Å². The third-order valence-corrected chi connectivity index (χ3v) is 6.86. The lowest BCUT2D eigenvalue weighted by Gasteiger charge is -2.08. The van der Waals surface area contributed by atoms with Crippen LogP contribution in [-0.4, -0.2) is 32.6 Å². The number of methoxy groups -OCH3 is 2. The van der Waals surface area contributed by atoms with Crippen molar-refractivity contribution in [2.24, 2.45) is 0 Å². The van der Waals surface area contributed by atoms with E-state index in [0.717, 1.165) is 11.1 Å². The lowest BCUT2D eigenvalue weighted by Crippen LogP contribution is -2.12. The summed E-state index contributed by atoms with van der Waals surface area (Å²) in [7, 11) is -0.955. The maximum Gasteiger partial charge on any atom is 0.337 e. The second-order valence-corrected chi connectivity index (χ2v) is 8.92. The van der Waals surface area contributed by atoms with Crippen LogP contribution in [-0.2, 0) is 14.8 Å². The smallest absolute Gasteiger partial charge is 0.337 e. The summed E-state index contributed by atoms with van der Waals surface area (Å²) in [6, 6.07) is 18.8. The van der Waals surface area contributed by atoms with E-state index in [-0.39, 0.29) is 4.90 Å². The van der Waals surface area contributed by atoms with Crippen LogP contribution in [0.25, 0.3) is 22.0 Å². The molecule has 6 nitrogen and oxygen atoms in total. The van der Waals surface area contributed by atoms with Crippen LogP contribution in [0.1, 0.15) is 15.9 Å². The van der Waals surface area contributed by atoms with Crippen molar-refractivity contribution in [1.82, 2.24) is 3.97 Å². The molecule has 31 heavy (non-hydrogen) atoms. The molecule has 0 saturated heterocycles. The van der Waals surface area contributed by atoms with Gasteiger partial charge in [-0.3, -0.25) is 0 Å². The van der Waals surface area contributed by atoms with Gasteiger partial charge in [-0.15, -0.1) is 0 Å². The molecule has 0 atom stereocenters. The number of aromatic nitrogens is 1. The predicted molar refractivity (Wildman–Crippen MR) is 119 cm³/mol. The SMILES string of the molecule is COC(=O)c1ccc2c(c1)c(-c1ccc(OC)cc1)cn2S(=O)(=O)c1ccc(C)cc1. The van der Waals surface area contributed by atoms with E-state index < -0.39 is 16.0 Å². The number of rotatable bonds is 5. The number of carbonyl (C=O) groups is 1. The Morgan fingerprint density at radius 3 is 2.19 bits per heavy atom. The Balaban J connectivity index is 1.98. The Labute approximate surface area is 180 Å². The van der Waals surface area contributed by atoms with Crippen molar-refractivity contribution in [3.63, 3.8) is 0 Å². The first-order valence-electron chi connectivity index (χ1n) is 9.55. The van der Waals surface area contributed by atoms with Gasteiger partial charge in [0.15, 0.2) is 0 Å². The summed E-state index contributed by atoms with van der Waals surface area (Å²) >= 11 is 0. The molecule has 0 unspecified atom stereocenters. The Hall–Kier alpha value is -3.58. The van der Waals surface area contributed by atoms with Gasteiger partial charge in [0.25, 0.3) is 10.0 Å². The maximum atomic E-state index is 13.4. The second kappa shape index (κ2) is 7.92. The van der Waals surface area contributed by atoms with Crippen molar-refractivity contribution in [1.29, 1.82) is 0 Å². The van der Waals surface area contributed by atoms with Crippen LogP contribution in [0, 0.1) is 6.92 Å². The standard InChI is InChI=1S/C24H21NO5S/c1-16-4-11-20(12-5-16)31(27,28)25-15-22(17-6-9-19(29-2)10-7-17)21-14-18(24(26)30-3)8-13-23(21)25/h4-15H,1-3H3. The molecule has 0 aliphatic heterocycles. The van der Waals surface area contributed by atoms with E-state index in [2.05, 4.69) is 0 Å². The minimum absolute atomic E-state index is 0.188. The molecular formula is C24H21NO5S. The Morgan fingerprint density at radius 2 is 1.58 bits per heavy atom. The van der Waals surface area contributed by atoms with Crippen LogP contribution in [0.5, 0.6) is 5.75 Å². The molecule has 0 N–H and O–H groups in total. The van der Waals surface area contributed by atoms with Gasteiger partial charge >= 0.3 is 5.97 Å². The Morgan fingerprint density at radius 1 is 0.903 bits per heavy atom. The highest BCUT2D eigenvalue weighted by Crippen LogP contribution is 2.34. The van der Waals surface area contributed by atoms with Gasteiger partial charge in [0.1, 0.15) is 5.75 Å². The second-order valence-electron chi connectivity index (χ2n) is 7.11. The number of esters is 1. The molecule has 0 fully saturated rings. The molecule has 0 saturated carbocycles. The Kier molecular flexibility index (Phi) is 5.29. The number of hydrogen-bond donors (Lipinski definition) is 0. The fourth-order valence-electron chi connectivity index (χ4n) is 3.47. The van der Waals surface area contributed by atoms with Crippen molar-refractivity contribution in [3.05, 3.63) is 84.1 Å². The van der Waals surface area contributed by atoms with Gasteiger partial charge in [-0.2, -0.15) is 0 Å². The molecule has 158 valence electrons. The average Bonchev–Trinajstić information content (AvgIpc) is 3.18. The number of nitrogens with zero attached hydrogens (tertiary/aromatic N) is 1. The molecule has 0 radical (unpaired) electrons. The highest BCUT2D eigenvalue weighted by Gasteiger charge is 2.23. The molecule has 1 aromatic heterocycles. The molecule has 0 bridgehead atoms. The normalized spacial score (nSPS) is 11.5. The van der Waals surface area contributed by atoms with Gasteiger partial charge in [-0.1, -0.05) is 29.8 Å². The van der Waals surface area contributed by atoms with Gasteiger partial charge in [-0.05, 0) is 55.0 Å². The van der Waals surface area contributed by atoms with E-state index in [1.165, 1.54) is 11.1 Å². The number of carbonyl (C=O) groups excluding carboxylic acids is 1. The van der Waals surface area contributed by atoms with Crippen LogP contribution in [0.2, 0.25) is 0 Å². The van der Waals surface area contributed by atoms with E-state index in [4.69, 9.17) is 9.47 Å². The van der Waals surface area contributed by atoms with Crippen LogP contribution in [0.4, 0.5) is 0 Å². The fourth-order valence-corrected chi connectivity index (χ4v) is 4.84. The number of benzene rings is 3. The minimum atomic E-state index is -3.85. The van der Waals surface area contributed by atoms with E-state index >= 15 is 0 Å². The zero-order valence-corrected chi connectivity index (χ0v) is 18.1. The number of hydrogen-bond acceptors (Lipinski definition) is 5. The number of aryl methyl sites for hydroxylation is 1. The van der Waals surface area contributed by atoms with Crippen molar-refractivity contribution < 1.29 is 22.7 Å². The van der Waals surface area contributed by atoms with Gasteiger partial charge in [0, 0.05) is 17.1 Å². The molecule has 0 aliphatic carbocycles. The monoisotopic (exact) mass is 435 g/mol. The average molecular weight is 436 g/mol. The summed E-state index contributed by atoms with van der Waals surface area (Å²) in [6.45, 7) is 1.90. The molecule has 7 heteroatoms. The largest absolute Gasteiger partial charge is 0.497 e. The molecule has 4 aromatic rings. The zero-order valence-electron chi connectivity index (χ0n) is 17.3. The molecular weight excluding hydrogens is 414 g/mol. The van der Waals surface area contributed by atoms with Crippen molar-refractivity contribution in [2.75, 3.05) is 14.2 Å². The summed E-state index contributed by atoms with van der Waals surface area (Å²) < 4.78 is 38.2. The molecule has 0 aliphatic rings. The van der Waals surface area contributed by atoms with E-state index in [1.54, 1.807) is 67.9 Å². The summed E-state index contributed by atoms with van der Waals surface area (Å²) in [5.74, 6) is 0.201. The van der Waals surface area contributed by atoms with Crippen LogP contribution >= 0.6 is 0 Å². The zero-order chi connectivity index (χ0) is 22.2. The summed E-state index contributed by atoms with van der Waals surface area (Å²) in [5, 5.41) is 0.628. The van der Waals surface area contributed by atoms with E-state index in [0.29, 0.717) is 27.8 Å². The lowest BCUT2D eigenvalue weighted by molar-refractivity contribution is 0.0601. The van der Waals surface area contributed by atoms with Crippen LogP contribution in [0.3, 0.4) is 0 Å². The quantitative estimate of drug-likeness (QED) is 0.427. The fraction of sp³-hybridized carbons (Fsp3) is 0.125. The summed E-state index contributed by atoms with van der Waals surface area (Å²) in [4.78, 5) is 12.3. The Bertz CT molecular complexity index is 1370. The third kappa shape index (κ3) is 3.68. The molecule has 0 amide bonds.